The van der Waals surface area contributed by atoms with E-state index < -0.39 is 10.0 Å². The average molecular weight is 415 g/mol. The molecule has 1 amide bonds. The summed E-state index contributed by atoms with van der Waals surface area (Å²) in [5.74, 6) is 0.532. The quantitative estimate of drug-likeness (QED) is 0.652. The second-order valence-electron chi connectivity index (χ2n) is 7.05. The predicted molar refractivity (Wildman–Crippen MR) is 115 cm³/mol. The third-order valence-electron chi connectivity index (χ3n) is 4.79. The van der Waals surface area contributed by atoms with E-state index in [1.165, 1.54) is 36.2 Å². The fourth-order valence-electron chi connectivity index (χ4n) is 3.39. The van der Waals surface area contributed by atoms with Crippen molar-refractivity contribution in [1.82, 2.24) is 0 Å². The first kappa shape index (κ1) is 20.9. The topological polar surface area (TPSA) is 75.7 Å². The molecule has 2 aromatic rings. The number of benzene rings is 2. The van der Waals surface area contributed by atoms with Crippen molar-refractivity contribution in [2.24, 2.45) is 0 Å². The van der Waals surface area contributed by atoms with Gasteiger partial charge in [0.15, 0.2) is 0 Å². The van der Waals surface area contributed by atoms with Gasteiger partial charge < -0.3 is 10.1 Å². The molecular weight excluding hydrogens is 388 g/mol. The van der Waals surface area contributed by atoms with Gasteiger partial charge >= 0.3 is 0 Å². The van der Waals surface area contributed by atoms with Crippen LogP contribution >= 0.6 is 0 Å². The molecule has 1 aliphatic rings. The molecule has 2 aromatic carbocycles. The summed E-state index contributed by atoms with van der Waals surface area (Å²) in [6.45, 7) is 5.22. The van der Waals surface area contributed by atoms with Crippen molar-refractivity contribution < 1.29 is 17.9 Å². The minimum atomic E-state index is -3.79. The van der Waals surface area contributed by atoms with Gasteiger partial charge in [0.1, 0.15) is 5.75 Å². The molecule has 3 rings (SSSR count). The molecule has 1 N–H and O–H groups in total. The number of sulfonamides is 1. The highest BCUT2D eigenvalue weighted by Crippen LogP contribution is 2.29. The van der Waals surface area contributed by atoms with Crippen molar-refractivity contribution in [3.8, 4) is 5.75 Å². The average Bonchev–Trinajstić information content (AvgIpc) is 3.20. The number of carbonyl (C=O) groups excluding carboxylic acids is 1. The molecule has 0 spiro atoms. The largest absolute Gasteiger partial charge is 0.490 e. The fraction of sp³-hybridized carbons (Fsp3) is 0.318. The monoisotopic (exact) mass is 414 g/mol. The van der Waals surface area contributed by atoms with Crippen molar-refractivity contribution in [3.63, 3.8) is 0 Å². The Morgan fingerprint density at radius 2 is 1.76 bits per heavy atom. The first-order chi connectivity index (χ1) is 13.9. The molecule has 6 nitrogen and oxygen atoms in total. The Bertz CT molecular complexity index is 947. The van der Waals surface area contributed by atoms with Crippen molar-refractivity contribution in [2.75, 3.05) is 16.2 Å². The van der Waals surface area contributed by atoms with Gasteiger partial charge in [0, 0.05) is 12.6 Å². The van der Waals surface area contributed by atoms with Gasteiger partial charge in [-0.25, -0.2) is 8.42 Å². The standard InChI is InChI=1S/C22H26N2O4S/c1-3-16-24(19-10-12-21(13-11-19)28-20-6-4-5-7-20)29(26,27)22-14-8-18(9-15-22)23-17(2)25/h3,8-15,20H,1,4-7,16H2,2H3,(H,23,25). The maximum absolute atomic E-state index is 13.2. The van der Waals surface area contributed by atoms with E-state index in [4.69, 9.17) is 4.74 Å². The van der Waals surface area contributed by atoms with Crippen molar-refractivity contribution >= 4 is 27.3 Å². The molecule has 0 unspecified atom stereocenters. The van der Waals surface area contributed by atoms with Gasteiger partial charge in [-0.2, -0.15) is 0 Å². The lowest BCUT2D eigenvalue weighted by molar-refractivity contribution is -0.114. The molecule has 0 radical (unpaired) electrons. The number of carbonyl (C=O) groups is 1. The summed E-state index contributed by atoms with van der Waals surface area (Å²) < 4.78 is 33.6. The Balaban J connectivity index is 1.81. The number of nitrogens with zero attached hydrogens (tertiary/aromatic N) is 1. The molecule has 0 aromatic heterocycles. The van der Waals surface area contributed by atoms with Crippen LogP contribution in [0.25, 0.3) is 0 Å². The van der Waals surface area contributed by atoms with E-state index in [0.717, 1.165) is 18.6 Å². The lowest BCUT2D eigenvalue weighted by Crippen LogP contribution is -2.31. The molecule has 0 bridgehead atoms. The highest BCUT2D eigenvalue weighted by Gasteiger charge is 2.24. The maximum atomic E-state index is 13.2. The minimum Gasteiger partial charge on any atom is -0.490 e. The third kappa shape index (κ3) is 5.17. The van der Waals surface area contributed by atoms with E-state index in [1.807, 2.05) is 0 Å². The number of ether oxygens (including phenoxy) is 1. The number of hydrogen-bond donors (Lipinski definition) is 1. The van der Waals surface area contributed by atoms with Crippen molar-refractivity contribution in [2.45, 2.75) is 43.6 Å². The van der Waals surface area contributed by atoms with E-state index in [0.29, 0.717) is 11.4 Å². The second kappa shape index (κ2) is 9.13. The molecule has 154 valence electrons. The van der Waals surface area contributed by atoms with Crippen LogP contribution in [0.3, 0.4) is 0 Å². The van der Waals surface area contributed by atoms with E-state index in [2.05, 4.69) is 11.9 Å². The van der Waals surface area contributed by atoms with Gasteiger partial charge in [0.05, 0.1) is 23.2 Å². The molecular formula is C22H26N2O4S. The minimum absolute atomic E-state index is 0.138. The number of amides is 1. The summed E-state index contributed by atoms with van der Waals surface area (Å²) in [7, 11) is -3.79. The highest BCUT2D eigenvalue weighted by atomic mass is 32.2. The van der Waals surface area contributed by atoms with Gasteiger partial charge in [0.25, 0.3) is 10.0 Å². The lowest BCUT2D eigenvalue weighted by atomic mass is 10.2. The van der Waals surface area contributed by atoms with Crippen LogP contribution in [0.1, 0.15) is 32.6 Å². The summed E-state index contributed by atoms with van der Waals surface area (Å²) in [4.78, 5) is 11.3. The van der Waals surface area contributed by atoms with Crippen LogP contribution in [0.4, 0.5) is 11.4 Å². The Labute approximate surface area is 172 Å². The van der Waals surface area contributed by atoms with Crippen LogP contribution < -0.4 is 14.4 Å². The van der Waals surface area contributed by atoms with Gasteiger partial charge in [-0.1, -0.05) is 6.08 Å². The van der Waals surface area contributed by atoms with Crippen molar-refractivity contribution in [1.29, 1.82) is 0 Å². The Kier molecular flexibility index (Phi) is 6.59. The van der Waals surface area contributed by atoms with E-state index >= 15 is 0 Å². The smallest absolute Gasteiger partial charge is 0.264 e. The number of nitrogens with one attached hydrogen (secondary N) is 1. The van der Waals surface area contributed by atoms with Crippen LogP contribution in [-0.4, -0.2) is 27.0 Å². The van der Waals surface area contributed by atoms with Gasteiger partial charge in [0.2, 0.25) is 5.91 Å². The molecule has 29 heavy (non-hydrogen) atoms. The maximum Gasteiger partial charge on any atom is 0.264 e. The van der Waals surface area contributed by atoms with Crippen LogP contribution in [-0.2, 0) is 14.8 Å². The molecule has 0 heterocycles. The van der Waals surface area contributed by atoms with Gasteiger partial charge in [-0.05, 0) is 74.2 Å². The van der Waals surface area contributed by atoms with E-state index in [-0.39, 0.29) is 23.5 Å². The zero-order chi connectivity index (χ0) is 20.9. The Morgan fingerprint density at radius 1 is 1.14 bits per heavy atom. The number of rotatable bonds is 8. The molecule has 1 aliphatic carbocycles. The van der Waals surface area contributed by atoms with Crippen LogP contribution in [0.15, 0.2) is 66.1 Å². The molecule has 1 saturated carbocycles. The summed E-state index contributed by atoms with van der Waals surface area (Å²) in [6.07, 6.45) is 6.30. The zero-order valence-electron chi connectivity index (χ0n) is 16.5. The van der Waals surface area contributed by atoms with Crippen LogP contribution in [0.5, 0.6) is 5.75 Å². The van der Waals surface area contributed by atoms with Crippen molar-refractivity contribution in [3.05, 3.63) is 61.2 Å². The fourth-order valence-corrected chi connectivity index (χ4v) is 4.83. The predicted octanol–water partition coefficient (Wildman–Crippen LogP) is 4.35. The molecule has 0 atom stereocenters. The summed E-state index contributed by atoms with van der Waals surface area (Å²) in [6, 6.07) is 13.2. The molecule has 0 saturated heterocycles. The highest BCUT2D eigenvalue weighted by molar-refractivity contribution is 7.92. The lowest BCUT2D eigenvalue weighted by Gasteiger charge is -2.24. The Hall–Kier alpha value is -2.80. The van der Waals surface area contributed by atoms with Gasteiger partial charge in [-0.15, -0.1) is 6.58 Å². The van der Waals surface area contributed by atoms with Gasteiger partial charge in [-0.3, -0.25) is 9.10 Å². The molecule has 1 fully saturated rings. The SMILES string of the molecule is C=CCN(c1ccc(OC2CCCC2)cc1)S(=O)(=O)c1ccc(NC(C)=O)cc1. The number of hydrogen-bond acceptors (Lipinski definition) is 4. The zero-order valence-corrected chi connectivity index (χ0v) is 17.3. The first-order valence-electron chi connectivity index (χ1n) is 9.68. The first-order valence-corrected chi connectivity index (χ1v) is 11.1. The summed E-state index contributed by atoms with van der Waals surface area (Å²) >= 11 is 0. The third-order valence-corrected chi connectivity index (χ3v) is 6.60. The summed E-state index contributed by atoms with van der Waals surface area (Å²) in [5, 5.41) is 2.63. The van der Waals surface area contributed by atoms with E-state index in [1.54, 1.807) is 42.5 Å². The van der Waals surface area contributed by atoms with E-state index in [9.17, 15) is 13.2 Å². The second-order valence-corrected chi connectivity index (χ2v) is 8.91. The summed E-state index contributed by atoms with van der Waals surface area (Å²) in [5.41, 5.74) is 1.08. The molecule has 0 aliphatic heterocycles. The normalized spacial score (nSPS) is 14.4. The Morgan fingerprint density at radius 3 is 2.31 bits per heavy atom. The number of anilines is 2. The molecule has 7 heteroatoms. The van der Waals surface area contributed by atoms with Crippen LogP contribution in [0, 0.1) is 0 Å². The van der Waals surface area contributed by atoms with Crippen LogP contribution in [0.2, 0.25) is 0 Å².